The van der Waals surface area contributed by atoms with Crippen LogP contribution in [-0.4, -0.2) is 22.8 Å². The van der Waals surface area contributed by atoms with E-state index in [0.717, 1.165) is 5.92 Å². The molecule has 0 amide bonds. The van der Waals surface area contributed by atoms with Gasteiger partial charge in [0.1, 0.15) is 0 Å². The lowest BCUT2D eigenvalue weighted by Gasteiger charge is -2.50. The number of hydrogen-bond donors (Lipinski definition) is 0. The van der Waals surface area contributed by atoms with Gasteiger partial charge in [0.05, 0.1) is 0 Å². The molecule has 0 saturated heterocycles. The van der Waals surface area contributed by atoms with Gasteiger partial charge < -0.3 is 8.85 Å². The molecule has 1 fully saturated rings. The molecular formula is C17H36O2Si. The summed E-state index contributed by atoms with van der Waals surface area (Å²) in [4.78, 5) is 0. The van der Waals surface area contributed by atoms with Crippen molar-refractivity contribution in [2.45, 2.75) is 77.8 Å². The van der Waals surface area contributed by atoms with Crippen LogP contribution in [0.3, 0.4) is 0 Å². The van der Waals surface area contributed by atoms with Crippen LogP contribution in [0.5, 0.6) is 0 Å². The highest BCUT2D eigenvalue weighted by Gasteiger charge is 2.61. The van der Waals surface area contributed by atoms with Gasteiger partial charge in [0, 0.05) is 24.8 Å². The van der Waals surface area contributed by atoms with E-state index in [4.69, 9.17) is 8.85 Å². The van der Waals surface area contributed by atoms with Crippen molar-refractivity contribution >= 4 is 8.56 Å². The van der Waals surface area contributed by atoms with Gasteiger partial charge in [0.25, 0.3) is 0 Å². The van der Waals surface area contributed by atoms with Crippen LogP contribution in [-0.2, 0) is 8.85 Å². The third-order valence-corrected chi connectivity index (χ3v) is 11.5. The average molecular weight is 301 g/mol. The van der Waals surface area contributed by atoms with Crippen LogP contribution in [0, 0.1) is 17.8 Å². The molecule has 3 atom stereocenters. The highest BCUT2D eigenvalue weighted by atomic mass is 28.4. The molecule has 0 bridgehead atoms. The third-order valence-electron chi connectivity index (χ3n) is 6.31. The molecule has 3 heteroatoms. The van der Waals surface area contributed by atoms with Gasteiger partial charge >= 0.3 is 8.56 Å². The van der Waals surface area contributed by atoms with Crippen molar-refractivity contribution < 1.29 is 8.85 Å². The second kappa shape index (κ2) is 6.93. The SMILES string of the molecule is CCC1CCCC1[Si](OC)(OC)C(C)(C)C(C)C(C)C. The largest absolute Gasteiger partial charge is 0.397 e. The Morgan fingerprint density at radius 2 is 1.65 bits per heavy atom. The summed E-state index contributed by atoms with van der Waals surface area (Å²) < 4.78 is 12.5. The molecule has 0 spiro atoms. The van der Waals surface area contributed by atoms with E-state index in [1.54, 1.807) is 0 Å². The van der Waals surface area contributed by atoms with Gasteiger partial charge in [-0.15, -0.1) is 0 Å². The first-order chi connectivity index (χ1) is 9.28. The Morgan fingerprint density at radius 1 is 1.10 bits per heavy atom. The first kappa shape index (κ1) is 18.2. The molecule has 0 radical (unpaired) electrons. The Balaban J connectivity index is 3.19. The number of rotatable bonds is 7. The predicted molar refractivity (Wildman–Crippen MR) is 89.2 cm³/mol. The lowest BCUT2D eigenvalue weighted by atomic mass is 9.86. The molecular weight excluding hydrogens is 264 g/mol. The maximum absolute atomic E-state index is 6.26. The minimum Gasteiger partial charge on any atom is -0.397 e. The van der Waals surface area contributed by atoms with Crippen molar-refractivity contribution in [3.63, 3.8) is 0 Å². The molecule has 20 heavy (non-hydrogen) atoms. The lowest BCUT2D eigenvalue weighted by molar-refractivity contribution is 0.154. The maximum Gasteiger partial charge on any atom is 0.347 e. The fraction of sp³-hybridized carbons (Fsp3) is 1.00. The summed E-state index contributed by atoms with van der Waals surface area (Å²) >= 11 is 0. The molecule has 0 aromatic carbocycles. The van der Waals surface area contributed by atoms with Crippen LogP contribution in [0.2, 0.25) is 10.6 Å². The van der Waals surface area contributed by atoms with E-state index in [1.807, 2.05) is 14.2 Å². The summed E-state index contributed by atoms with van der Waals surface area (Å²) in [6.07, 6.45) is 5.25. The summed E-state index contributed by atoms with van der Waals surface area (Å²) in [7, 11) is 1.55. The first-order valence-corrected chi connectivity index (χ1v) is 10.3. The molecule has 120 valence electrons. The van der Waals surface area contributed by atoms with Crippen molar-refractivity contribution in [1.29, 1.82) is 0 Å². The van der Waals surface area contributed by atoms with Gasteiger partial charge in [-0.1, -0.05) is 60.8 Å². The summed E-state index contributed by atoms with van der Waals surface area (Å²) in [6, 6.07) is 0. The average Bonchev–Trinajstić information content (AvgIpc) is 2.88. The summed E-state index contributed by atoms with van der Waals surface area (Å²) in [6.45, 7) is 14.1. The molecule has 1 aliphatic carbocycles. The van der Waals surface area contributed by atoms with Gasteiger partial charge in [-0.05, 0) is 24.2 Å². The van der Waals surface area contributed by atoms with Crippen molar-refractivity contribution in [2.75, 3.05) is 14.2 Å². The minimum atomic E-state index is -2.25. The Labute approximate surface area is 127 Å². The van der Waals surface area contributed by atoms with Crippen molar-refractivity contribution in [2.24, 2.45) is 17.8 Å². The summed E-state index contributed by atoms with van der Waals surface area (Å²) in [5.74, 6) is 2.05. The third kappa shape index (κ3) is 2.86. The molecule has 0 aromatic heterocycles. The van der Waals surface area contributed by atoms with E-state index in [-0.39, 0.29) is 5.04 Å². The molecule has 0 heterocycles. The second-order valence-electron chi connectivity index (χ2n) is 7.54. The van der Waals surface area contributed by atoms with E-state index in [1.165, 1.54) is 25.7 Å². The van der Waals surface area contributed by atoms with Gasteiger partial charge in [0.2, 0.25) is 0 Å². The van der Waals surface area contributed by atoms with Crippen molar-refractivity contribution in [1.82, 2.24) is 0 Å². The predicted octanol–water partition coefficient (Wildman–Crippen LogP) is 5.37. The zero-order chi connectivity index (χ0) is 15.6. The molecule has 1 saturated carbocycles. The molecule has 2 nitrogen and oxygen atoms in total. The molecule has 0 aliphatic heterocycles. The molecule has 3 unspecified atom stereocenters. The van der Waals surface area contributed by atoms with Crippen LogP contribution in [0.25, 0.3) is 0 Å². The zero-order valence-electron chi connectivity index (χ0n) is 15.0. The van der Waals surface area contributed by atoms with Crippen LogP contribution in [0.4, 0.5) is 0 Å². The fourth-order valence-corrected chi connectivity index (χ4v) is 9.92. The van der Waals surface area contributed by atoms with Crippen molar-refractivity contribution in [3.05, 3.63) is 0 Å². The molecule has 0 N–H and O–H groups in total. The van der Waals surface area contributed by atoms with E-state index in [9.17, 15) is 0 Å². The van der Waals surface area contributed by atoms with E-state index in [2.05, 4.69) is 41.5 Å². The minimum absolute atomic E-state index is 0.132. The van der Waals surface area contributed by atoms with E-state index >= 15 is 0 Å². The molecule has 1 aliphatic rings. The second-order valence-corrected chi connectivity index (χ2v) is 11.7. The first-order valence-electron chi connectivity index (χ1n) is 8.38. The highest BCUT2D eigenvalue weighted by Crippen LogP contribution is 2.58. The van der Waals surface area contributed by atoms with Crippen molar-refractivity contribution in [3.8, 4) is 0 Å². The van der Waals surface area contributed by atoms with Crippen LogP contribution < -0.4 is 0 Å². The fourth-order valence-electron chi connectivity index (χ4n) is 4.57. The topological polar surface area (TPSA) is 18.5 Å². The quantitative estimate of drug-likeness (QED) is 0.588. The standard InChI is InChI=1S/C17H36O2Si/c1-9-15-11-10-12-16(15)20(18-7,19-8)17(5,6)14(4)13(2)3/h13-16H,9-12H2,1-8H3. The van der Waals surface area contributed by atoms with Gasteiger partial charge in [-0.2, -0.15) is 0 Å². The molecule has 0 aromatic rings. The van der Waals surface area contributed by atoms with Gasteiger partial charge in [-0.3, -0.25) is 0 Å². The Hall–Kier alpha value is 0.137. The Morgan fingerprint density at radius 3 is 2.05 bits per heavy atom. The van der Waals surface area contributed by atoms with Gasteiger partial charge in [0.15, 0.2) is 0 Å². The monoisotopic (exact) mass is 300 g/mol. The smallest absolute Gasteiger partial charge is 0.347 e. The van der Waals surface area contributed by atoms with E-state index < -0.39 is 8.56 Å². The summed E-state index contributed by atoms with van der Waals surface area (Å²) in [5, 5.41) is 0.132. The summed E-state index contributed by atoms with van der Waals surface area (Å²) in [5.41, 5.74) is 0.652. The van der Waals surface area contributed by atoms with Crippen LogP contribution >= 0.6 is 0 Å². The lowest BCUT2D eigenvalue weighted by Crippen LogP contribution is -2.57. The Kier molecular flexibility index (Phi) is 6.30. The maximum atomic E-state index is 6.26. The van der Waals surface area contributed by atoms with Crippen LogP contribution in [0.15, 0.2) is 0 Å². The van der Waals surface area contributed by atoms with Crippen LogP contribution in [0.1, 0.15) is 67.2 Å². The van der Waals surface area contributed by atoms with Gasteiger partial charge in [-0.25, -0.2) is 0 Å². The number of hydrogen-bond acceptors (Lipinski definition) is 2. The Bertz CT molecular complexity index is 297. The zero-order valence-corrected chi connectivity index (χ0v) is 16.0. The molecule has 1 rings (SSSR count). The normalized spacial score (nSPS) is 26.2. The van der Waals surface area contributed by atoms with E-state index in [0.29, 0.717) is 17.4 Å². The highest BCUT2D eigenvalue weighted by molar-refractivity contribution is 6.72.